The van der Waals surface area contributed by atoms with Gasteiger partial charge < -0.3 is 10.2 Å². The minimum Gasteiger partial charge on any atom is -0.360 e. The summed E-state index contributed by atoms with van der Waals surface area (Å²) >= 11 is 5.54. The van der Waals surface area contributed by atoms with E-state index in [0.29, 0.717) is 6.04 Å². The normalized spacial score (nSPS) is 28.4. The van der Waals surface area contributed by atoms with E-state index in [0.717, 1.165) is 23.5 Å². The highest BCUT2D eigenvalue weighted by molar-refractivity contribution is 7.80. The molecule has 0 spiro atoms. The summed E-state index contributed by atoms with van der Waals surface area (Å²) in [6.07, 6.45) is 5.58. The zero-order valence-electron chi connectivity index (χ0n) is 11.5. The lowest BCUT2D eigenvalue weighted by Gasteiger charge is -2.28. The third kappa shape index (κ3) is 2.92. The molecule has 2 aliphatic rings. The SMILES string of the molecule is CN(Cc1ccccc1)C(=S)N[C@H]1C[C@H]2CC[C@@H]1C2. The van der Waals surface area contributed by atoms with Crippen molar-refractivity contribution in [2.75, 3.05) is 7.05 Å². The molecule has 0 saturated heterocycles. The highest BCUT2D eigenvalue weighted by atomic mass is 32.1. The Labute approximate surface area is 121 Å². The molecule has 3 rings (SSSR count). The molecule has 0 unspecified atom stereocenters. The molecule has 102 valence electrons. The summed E-state index contributed by atoms with van der Waals surface area (Å²) in [5.74, 6) is 1.83. The van der Waals surface area contributed by atoms with Crippen LogP contribution in [0, 0.1) is 11.8 Å². The van der Waals surface area contributed by atoms with Crippen molar-refractivity contribution < 1.29 is 0 Å². The van der Waals surface area contributed by atoms with Gasteiger partial charge in [-0.3, -0.25) is 0 Å². The first kappa shape index (κ1) is 12.9. The zero-order chi connectivity index (χ0) is 13.2. The number of fused-ring (bicyclic) bond motifs is 2. The fraction of sp³-hybridized carbons (Fsp3) is 0.562. The Morgan fingerprint density at radius 2 is 2.05 bits per heavy atom. The van der Waals surface area contributed by atoms with Gasteiger partial charge in [0.15, 0.2) is 5.11 Å². The van der Waals surface area contributed by atoms with E-state index in [4.69, 9.17) is 12.2 Å². The van der Waals surface area contributed by atoms with E-state index < -0.39 is 0 Å². The molecule has 2 nitrogen and oxygen atoms in total. The van der Waals surface area contributed by atoms with Crippen molar-refractivity contribution in [2.45, 2.75) is 38.3 Å². The number of nitrogens with zero attached hydrogens (tertiary/aromatic N) is 1. The highest BCUT2D eigenvalue weighted by Crippen LogP contribution is 2.44. The fourth-order valence-corrected chi connectivity index (χ4v) is 3.84. The van der Waals surface area contributed by atoms with E-state index in [1.54, 1.807) is 0 Å². The molecule has 0 heterocycles. The summed E-state index contributed by atoms with van der Waals surface area (Å²) in [6.45, 7) is 0.882. The van der Waals surface area contributed by atoms with Crippen LogP contribution in [0.3, 0.4) is 0 Å². The maximum Gasteiger partial charge on any atom is 0.169 e. The average Bonchev–Trinajstić information content (AvgIpc) is 3.02. The van der Waals surface area contributed by atoms with Crippen LogP contribution in [0.5, 0.6) is 0 Å². The number of hydrogen-bond acceptors (Lipinski definition) is 1. The third-order valence-electron chi connectivity index (χ3n) is 4.66. The molecular weight excluding hydrogens is 252 g/mol. The minimum atomic E-state index is 0.629. The molecule has 2 bridgehead atoms. The summed E-state index contributed by atoms with van der Waals surface area (Å²) in [6, 6.07) is 11.1. The van der Waals surface area contributed by atoms with Crippen LogP contribution in [0.4, 0.5) is 0 Å². The van der Waals surface area contributed by atoms with Crippen molar-refractivity contribution in [3.63, 3.8) is 0 Å². The zero-order valence-corrected chi connectivity index (χ0v) is 12.3. The van der Waals surface area contributed by atoms with E-state index in [9.17, 15) is 0 Å². The highest BCUT2D eigenvalue weighted by Gasteiger charge is 2.39. The van der Waals surface area contributed by atoms with Crippen LogP contribution < -0.4 is 5.32 Å². The molecule has 2 aliphatic carbocycles. The smallest absolute Gasteiger partial charge is 0.169 e. The lowest BCUT2D eigenvalue weighted by Crippen LogP contribution is -2.44. The second-order valence-corrected chi connectivity index (χ2v) is 6.46. The van der Waals surface area contributed by atoms with Gasteiger partial charge in [-0.2, -0.15) is 0 Å². The minimum absolute atomic E-state index is 0.629. The molecule has 0 radical (unpaired) electrons. The maximum absolute atomic E-state index is 5.54. The number of benzene rings is 1. The summed E-state index contributed by atoms with van der Waals surface area (Å²) in [5, 5.41) is 4.49. The molecule has 1 aromatic carbocycles. The van der Waals surface area contributed by atoms with Crippen molar-refractivity contribution in [1.82, 2.24) is 10.2 Å². The van der Waals surface area contributed by atoms with Crippen LogP contribution in [-0.4, -0.2) is 23.1 Å². The van der Waals surface area contributed by atoms with Gasteiger partial charge in [0.25, 0.3) is 0 Å². The average molecular weight is 274 g/mol. The maximum atomic E-state index is 5.54. The first-order valence-corrected chi connectivity index (χ1v) is 7.69. The van der Waals surface area contributed by atoms with E-state index in [1.807, 2.05) is 0 Å². The Bertz CT molecular complexity index is 445. The Hall–Kier alpha value is -1.09. The monoisotopic (exact) mass is 274 g/mol. The Morgan fingerprint density at radius 3 is 2.68 bits per heavy atom. The quantitative estimate of drug-likeness (QED) is 0.852. The second kappa shape index (κ2) is 5.49. The molecule has 19 heavy (non-hydrogen) atoms. The predicted molar refractivity (Wildman–Crippen MR) is 82.9 cm³/mol. The van der Waals surface area contributed by atoms with Crippen LogP contribution in [0.15, 0.2) is 30.3 Å². The molecule has 2 fully saturated rings. The molecule has 3 heteroatoms. The largest absolute Gasteiger partial charge is 0.360 e. The summed E-state index contributed by atoms with van der Waals surface area (Å²) < 4.78 is 0. The summed E-state index contributed by atoms with van der Waals surface area (Å²) in [7, 11) is 2.08. The van der Waals surface area contributed by atoms with E-state index in [2.05, 4.69) is 47.6 Å². The van der Waals surface area contributed by atoms with Crippen LogP contribution in [0.25, 0.3) is 0 Å². The standard InChI is InChI=1S/C16H22N2S/c1-18(11-12-5-3-2-4-6-12)16(19)17-15-10-13-7-8-14(15)9-13/h2-6,13-15H,7-11H2,1H3,(H,17,19)/t13-,14+,15-/m0/s1. The van der Waals surface area contributed by atoms with Crippen molar-refractivity contribution in [2.24, 2.45) is 11.8 Å². The number of thiocarbonyl (C=S) groups is 1. The van der Waals surface area contributed by atoms with Crippen LogP contribution in [-0.2, 0) is 6.54 Å². The van der Waals surface area contributed by atoms with Gasteiger partial charge in [0.2, 0.25) is 0 Å². The van der Waals surface area contributed by atoms with Gasteiger partial charge in [-0.25, -0.2) is 0 Å². The first-order valence-electron chi connectivity index (χ1n) is 7.28. The summed E-state index contributed by atoms with van der Waals surface area (Å²) in [4.78, 5) is 2.15. The van der Waals surface area contributed by atoms with Crippen molar-refractivity contribution in [1.29, 1.82) is 0 Å². The van der Waals surface area contributed by atoms with Gasteiger partial charge in [-0.1, -0.05) is 36.8 Å². The molecular formula is C16H22N2S. The van der Waals surface area contributed by atoms with Gasteiger partial charge in [0, 0.05) is 19.6 Å². The van der Waals surface area contributed by atoms with Crippen molar-refractivity contribution in [3.05, 3.63) is 35.9 Å². The second-order valence-electron chi connectivity index (χ2n) is 6.07. The third-order valence-corrected chi connectivity index (χ3v) is 5.09. The molecule has 1 N–H and O–H groups in total. The molecule has 3 atom stereocenters. The van der Waals surface area contributed by atoms with Gasteiger partial charge in [0.1, 0.15) is 0 Å². The van der Waals surface area contributed by atoms with Gasteiger partial charge in [0.05, 0.1) is 0 Å². The van der Waals surface area contributed by atoms with Gasteiger partial charge in [-0.15, -0.1) is 0 Å². The van der Waals surface area contributed by atoms with E-state index in [1.165, 1.54) is 31.2 Å². The molecule has 1 aromatic rings. The predicted octanol–water partition coefficient (Wildman–Crippen LogP) is 3.18. The topological polar surface area (TPSA) is 15.3 Å². The lowest BCUT2D eigenvalue weighted by molar-refractivity contribution is 0.373. The van der Waals surface area contributed by atoms with Crippen LogP contribution in [0.1, 0.15) is 31.2 Å². The van der Waals surface area contributed by atoms with E-state index >= 15 is 0 Å². The number of rotatable bonds is 3. The van der Waals surface area contributed by atoms with Gasteiger partial charge in [-0.05, 0) is 48.9 Å². The Kier molecular flexibility index (Phi) is 3.74. The Balaban J connectivity index is 1.53. The van der Waals surface area contributed by atoms with Crippen LogP contribution >= 0.6 is 12.2 Å². The number of nitrogens with one attached hydrogen (secondary N) is 1. The fourth-order valence-electron chi connectivity index (χ4n) is 3.62. The van der Waals surface area contributed by atoms with Gasteiger partial charge >= 0.3 is 0 Å². The van der Waals surface area contributed by atoms with Crippen molar-refractivity contribution in [3.8, 4) is 0 Å². The number of hydrogen-bond donors (Lipinski definition) is 1. The molecule has 2 saturated carbocycles. The molecule has 0 aromatic heterocycles. The molecule has 0 amide bonds. The summed E-state index contributed by atoms with van der Waals surface area (Å²) in [5.41, 5.74) is 1.31. The van der Waals surface area contributed by atoms with Crippen LogP contribution in [0.2, 0.25) is 0 Å². The van der Waals surface area contributed by atoms with E-state index in [-0.39, 0.29) is 0 Å². The lowest BCUT2D eigenvalue weighted by atomic mass is 9.95. The molecule has 0 aliphatic heterocycles. The van der Waals surface area contributed by atoms with Crippen molar-refractivity contribution >= 4 is 17.3 Å². The Morgan fingerprint density at radius 1 is 1.26 bits per heavy atom. The first-order chi connectivity index (χ1) is 9.22.